The number of hydrogen-bond donors (Lipinski definition) is 0. The third kappa shape index (κ3) is 3.50. The van der Waals surface area contributed by atoms with Gasteiger partial charge >= 0.3 is 0 Å². The van der Waals surface area contributed by atoms with E-state index in [1.807, 2.05) is 39.5 Å². The molecule has 0 aromatic carbocycles. The van der Waals surface area contributed by atoms with Crippen LogP contribution < -0.4 is 0 Å². The zero-order valence-corrected chi connectivity index (χ0v) is 14.4. The Morgan fingerprint density at radius 3 is 2.64 bits per heavy atom. The topological polar surface area (TPSA) is 56.0 Å². The quantitative estimate of drug-likeness (QED) is 0.847. The fourth-order valence-corrected chi connectivity index (χ4v) is 2.69. The third-order valence-electron chi connectivity index (χ3n) is 3.91. The number of halogens is 1. The summed E-state index contributed by atoms with van der Waals surface area (Å²) in [5.41, 5.74) is 3.16. The van der Waals surface area contributed by atoms with E-state index in [-0.39, 0.29) is 11.8 Å². The molecule has 2 aromatic heterocycles. The van der Waals surface area contributed by atoms with Crippen molar-refractivity contribution >= 4 is 17.5 Å². The first-order valence-electron chi connectivity index (χ1n) is 7.21. The lowest BCUT2D eigenvalue weighted by molar-refractivity contribution is -0.134. The molecular formula is C15H22ClN5O. The molecule has 0 unspecified atom stereocenters. The van der Waals surface area contributed by atoms with Gasteiger partial charge in [-0.15, -0.1) is 0 Å². The maximum absolute atomic E-state index is 12.5. The van der Waals surface area contributed by atoms with E-state index >= 15 is 0 Å². The van der Waals surface area contributed by atoms with E-state index < -0.39 is 0 Å². The lowest BCUT2D eigenvalue weighted by Gasteiger charge is -2.21. The summed E-state index contributed by atoms with van der Waals surface area (Å²) in [4.78, 5) is 14.3. The van der Waals surface area contributed by atoms with Gasteiger partial charge in [0.15, 0.2) is 0 Å². The number of rotatable bonds is 5. The summed E-state index contributed by atoms with van der Waals surface area (Å²) in [5, 5.41) is 9.08. The van der Waals surface area contributed by atoms with Crippen LogP contribution in [0.4, 0.5) is 0 Å². The smallest absolute Gasteiger partial charge is 0.227 e. The molecule has 0 N–H and O–H groups in total. The normalized spacial score (nSPS) is 12.5. The van der Waals surface area contributed by atoms with Crippen LogP contribution in [-0.2, 0) is 24.9 Å². The SMILES string of the molecule is Cc1nn(C)c(C)c1CN(C)C(=O)[C@H](C)Cn1cc(Cl)cn1. The highest BCUT2D eigenvalue weighted by Gasteiger charge is 2.21. The van der Waals surface area contributed by atoms with E-state index in [0.717, 1.165) is 17.0 Å². The summed E-state index contributed by atoms with van der Waals surface area (Å²) in [7, 11) is 3.73. The molecule has 0 saturated heterocycles. The summed E-state index contributed by atoms with van der Waals surface area (Å²) < 4.78 is 3.54. The first-order chi connectivity index (χ1) is 10.3. The molecule has 7 heteroatoms. The summed E-state index contributed by atoms with van der Waals surface area (Å²) in [6, 6.07) is 0. The summed E-state index contributed by atoms with van der Waals surface area (Å²) in [5.74, 6) is -0.0903. The van der Waals surface area contributed by atoms with Crippen molar-refractivity contribution in [3.63, 3.8) is 0 Å². The van der Waals surface area contributed by atoms with Crippen molar-refractivity contribution in [1.82, 2.24) is 24.5 Å². The zero-order valence-electron chi connectivity index (χ0n) is 13.7. The Morgan fingerprint density at radius 2 is 2.14 bits per heavy atom. The Hall–Kier alpha value is -1.82. The van der Waals surface area contributed by atoms with Gasteiger partial charge in [0.2, 0.25) is 5.91 Å². The first kappa shape index (κ1) is 16.5. The lowest BCUT2D eigenvalue weighted by atomic mass is 10.1. The van der Waals surface area contributed by atoms with E-state index in [0.29, 0.717) is 18.1 Å². The van der Waals surface area contributed by atoms with Gasteiger partial charge in [0, 0.05) is 38.1 Å². The van der Waals surface area contributed by atoms with Gasteiger partial charge in [0.25, 0.3) is 0 Å². The minimum Gasteiger partial charge on any atom is -0.341 e. The number of carbonyl (C=O) groups is 1. The molecule has 22 heavy (non-hydrogen) atoms. The van der Waals surface area contributed by atoms with Crippen LogP contribution in [0.3, 0.4) is 0 Å². The standard InChI is InChI=1S/C15H22ClN5O/c1-10(7-21-8-13(16)6-17-21)15(22)19(4)9-14-11(2)18-20(5)12(14)3/h6,8,10H,7,9H2,1-5H3/t10-/m1/s1. The fraction of sp³-hybridized carbons (Fsp3) is 0.533. The van der Waals surface area contributed by atoms with Crippen molar-refractivity contribution in [3.05, 3.63) is 34.4 Å². The molecular weight excluding hydrogens is 302 g/mol. The molecule has 0 aliphatic carbocycles. The third-order valence-corrected chi connectivity index (χ3v) is 4.11. The molecule has 1 amide bonds. The molecule has 2 rings (SSSR count). The molecule has 120 valence electrons. The number of aromatic nitrogens is 4. The van der Waals surface area contributed by atoms with E-state index in [2.05, 4.69) is 10.2 Å². The second-order valence-corrected chi connectivity index (χ2v) is 6.19. The Labute approximate surface area is 135 Å². The fourth-order valence-electron chi connectivity index (χ4n) is 2.53. The summed E-state index contributed by atoms with van der Waals surface area (Å²) in [6.07, 6.45) is 3.30. The van der Waals surface area contributed by atoms with E-state index in [4.69, 9.17) is 11.6 Å². The maximum atomic E-state index is 12.5. The van der Waals surface area contributed by atoms with Gasteiger partial charge in [-0.2, -0.15) is 10.2 Å². The van der Waals surface area contributed by atoms with Crippen molar-refractivity contribution in [1.29, 1.82) is 0 Å². The minimum absolute atomic E-state index is 0.0780. The number of aryl methyl sites for hydroxylation is 2. The molecule has 0 fully saturated rings. The molecule has 0 saturated carbocycles. The predicted molar refractivity (Wildman–Crippen MR) is 85.6 cm³/mol. The molecule has 0 spiro atoms. The Bertz CT molecular complexity index is 676. The van der Waals surface area contributed by atoms with Crippen molar-refractivity contribution in [2.75, 3.05) is 7.05 Å². The number of carbonyl (C=O) groups excluding carboxylic acids is 1. The molecule has 2 heterocycles. The van der Waals surface area contributed by atoms with Crippen LogP contribution in [0.2, 0.25) is 5.02 Å². The Balaban J connectivity index is 2.02. The van der Waals surface area contributed by atoms with E-state index in [9.17, 15) is 4.79 Å². The summed E-state index contributed by atoms with van der Waals surface area (Å²) >= 11 is 5.84. The molecule has 0 radical (unpaired) electrons. The highest BCUT2D eigenvalue weighted by atomic mass is 35.5. The average Bonchev–Trinajstić information content (AvgIpc) is 2.96. The summed E-state index contributed by atoms with van der Waals surface area (Å²) in [6.45, 7) is 6.96. The minimum atomic E-state index is -0.168. The van der Waals surface area contributed by atoms with Gasteiger partial charge in [-0.25, -0.2) is 0 Å². The molecule has 0 aliphatic rings. The number of nitrogens with zero attached hydrogens (tertiary/aromatic N) is 5. The molecule has 0 aliphatic heterocycles. The molecule has 2 aromatic rings. The predicted octanol–water partition coefficient (Wildman–Crippen LogP) is 2.18. The molecule has 6 nitrogen and oxygen atoms in total. The maximum Gasteiger partial charge on any atom is 0.227 e. The highest BCUT2D eigenvalue weighted by Crippen LogP contribution is 2.16. The van der Waals surface area contributed by atoms with Gasteiger partial charge in [-0.3, -0.25) is 14.2 Å². The van der Waals surface area contributed by atoms with Gasteiger partial charge in [0.1, 0.15) is 0 Å². The molecule has 0 bridgehead atoms. The van der Waals surface area contributed by atoms with Gasteiger partial charge in [-0.1, -0.05) is 18.5 Å². The zero-order chi connectivity index (χ0) is 16.4. The number of hydrogen-bond acceptors (Lipinski definition) is 3. The van der Waals surface area contributed by atoms with Crippen LogP contribution in [0.5, 0.6) is 0 Å². The highest BCUT2D eigenvalue weighted by molar-refractivity contribution is 6.30. The van der Waals surface area contributed by atoms with E-state index in [1.54, 1.807) is 22.0 Å². The Kier molecular flexibility index (Phi) is 4.90. The van der Waals surface area contributed by atoms with Crippen molar-refractivity contribution in [3.8, 4) is 0 Å². The van der Waals surface area contributed by atoms with Crippen molar-refractivity contribution in [2.24, 2.45) is 13.0 Å². The number of amides is 1. The van der Waals surface area contributed by atoms with Crippen LogP contribution in [0.15, 0.2) is 12.4 Å². The van der Waals surface area contributed by atoms with Crippen LogP contribution in [-0.4, -0.2) is 37.4 Å². The first-order valence-corrected chi connectivity index (χ1v) is 7.59. The van der Waals surface area contributed by atoms with Crippen molar-refractivity contribution < 1.29 is 4.79 Å². The lowest BCUT2D eigenvalue weighted by Crippen LogP contribution is -2.33. The van der Waals surface area contributed by atoms with Crippen LogP contribution >= 0.6 is 11.6 Å². The van der Waals surface area contributed by atoms with Gasteiger partial charge in [-0.05, 0) is 13.8 Å². The van der Waals surface area contributed by atoms with Crippen LogP contribution in [0.25, 0.3) is 0 Å². The molecule has 1 atom stereocenters. The van der Waals surface area contributed by atoms with Gasteiger partial charge < -0.3 is 4.90 Å². The second kappa shape index (κ2) is 6.52. The monoisotopic (exact) mass is 323 g/mol. The largest absolute Gasteiger partial charge is 0.341 e. The van der Waals surface area contributed by atoms with Crippen LogP contribution in [0, 0.1) is 19.8 Å². The van der Waals surface area contributed by atoms with Crippen molar-refractivity contribution in [2.45, 2.75) is 33.9 Å². The second-order valence-electron chi connectivity index (χ2n) is 5.75. The van der Waals surface area contributed by atoms with Crippen LogP contribution in [0.1, 0.15) is 23.9 Å². The Morgan fingerprint density at radius 1 is 1.45 bits per heavy atom. The average molecular weight is 324 g/mol. The van der Waals surface area contributed by atoms with E-state index in [1.165, 1.54) is 0 Å². The van der Waals surface area contributed by atoms with Gasteiger partial charge in [0.05, 0.1) is 29.4 Å².